The molecule has 2 rings (SSSR count). The van der Waals surface area contributed by atoms with E-state index in [1.165, 1.54) is 0 Å². The summed E-state index contributed by atoms with van der Waals surface area (Å²) in [4.78, 5) is 33.9. The summed E-state index contributed by atoms with van der Waals surface area (Å²) in [6, 6.07) is 6.51. The van der Waals surface area contributed by atoms with E-state index in [0.717, 1.165) is 0 Å². The number of benzene rings is 1. The summed E-state index contributed by atoms with van der Waals surface area (Å²) in [5.41, 5.74) is 6.51. The molecule has 1 fully saturated rings. The van der Waals surface area contributed by atoms with Gasteiger partial charge in [-0.25, -0.2) is 0 Å². The molecular formula is C13H16N4O3. The van der Waals surface area contributed by atoms with Crippen molar-refractivity contribution in [3.05, 3.63) is 24.3 Å². The van der Waals surface area contributed by atoms with E-state index in [2.05, 4.69) is 16.0 Å². The molecule has 0 aromatic heterocycles. The second kappa shape index (κ2) is 6.16. The van der Waals surface area contributed by atoms with Gasteiger partial charge in [0.25, 0.3) is 0 Å². The smallest absolute Gasteiger partial charge is 0.249 e. The summed E-state index contributed by atoms with van der Waals surface area (Å²) in [6.45, 7) is -0.0925. The van der Waals surface area contributed by atoms with Gasteiger partial charge in [-0.1, -0.05) is 6.07 Å². The number of amides is 3. The van der Waals surface area contributed by atoms with Crippen molar-refractivity contribution in [3.63, 3.8) is 0 Å². The van der Waals surface area contributed by atoms with E-state index in [0.29, 0.717) is 24.2 Å². The number of nitrogens with one attached hydrogen (secondary N) is 3. The molecule has 1 aromatic carbocycles. The fourth-order valence-corrected chi connectivity index (χ4v) is 1.93. The van der Waals surface area contributed by atoms with Gasteiger partial charge in [-0.2, -0.15) is 0 Å². The molecule has 5 N–H and O–H groups in total. The minimum Gasteiger partial charge on any atom is -0.374 e. The van der Waals surface area contributed by atoms with Crippen molar-refractivity contribution in [2.45, 2.75) is 18.9 Å². The Bertz CT molecular complexity index is 544. The van der Waals surface area contributed by atoms with Crippen LogP contribution in [0.25, 0.3) is 0 Å². The second-order valence-electron chi connectivity index (χ2n) is 4.48. The molecule has 1 aliphatic rings. The molecule has 7 nitrogen and oxygen atoms in total. The highest BCUT2D eigenvalue weighted by atomic mass is 16.2. The molecule has 20 heavy (non-hydrogen) atoms. The Labute approximate surface area is 115 Å². The highest BCUT2D eigenvalue weighted by Crippen LogP contribution is 2.18. The Morgan fingerprint density at radius 3 is 2.80 bits per heavy atom. The molecule has 1 heterocycles. The van der Waals surface area contributed by atoms with Gasteiger partial charge in [-0.3, -0.25) is 19.7 Å². The fraction of sp³-hybridized carbons (Fsp3) is 0.308. The Hall–Kier alpha value is -2.41. The summed E-state index contributed by atoms with van der Waals surface area (Å²) >= 11 is 0. The third-order valence-electron chi connectivity index (χ3n) is 2.91. The van der Waals surface area contributed by atoms with Crippen LogP contribution in [-0.4, -0.2) is 30.3 Å². The number of nitrogens with two attached hydrogens (primary N) is 1. The van der Waals surface area contributed by atoms with Gasteiger partial charge in [-0.15, -0.1) is 0 Å². The Balaban J connectivity index is 2.02. The Morgan fingerprint density at radius 1 is 1.35 bits per heavy atom. The summed E-state index contributed by atoms with van der Waals surface area (Å²) in [7, 11) is 0. The largest absolute Gasteiger partial charge is 0.374 e. The topological polar surface area (TPSA) is 113 Å². The molecule has 0 spiro atoms. The normalized spacial score (nSPS) is 18.4. The van der Waals surface area contributed by atoms with Crippen molar-refractivity contribution in [3.8, 4) is 0 Å². The lowest BCUT2D eigenvalue weighted by molar-refractivity contribution is -0.133. The number of imide groups is 1. The first-order valence-corrected chi connectivity index (χ1v) is 6.28. The van der Waals surface area contributed by atoms with Crippen molar-refractivity contribution < 1.29 is 14.4 Å². The van der Waals surface area contributed by atoms with Crippen LogP contribution in [0.3, 0.4) is 0 Å². The first kappa shape index (κ1) is 14.0. The van der Waals surface area contributed by atoms with Crippen LogP contribution in [0.2, 0.25) is 0 Å². The first-order chi connectivity index (χ1) is 9.58. The third kappa shape index (κ3) is 3.55. The van der Waals surface area contributed by atoms with Crippen LogP contribution < -0.4 is 21.7 Å². The maximum absolute atomic E-state index is 11.6. The number of anilines is 2. The van der Waals surface area contributed by atoms with Gasteiger partial charge in [0.1, 0.15) is 6.04 Å². The van der Waals surface area contributed by atoms with Gasteiger partial charge in [0.2, 0.25) is 17.7 Å². The van der Waals surface area contributed by atoms with Crippen LogP contribution in [-0.2, 0) is 14.4 Å². The number of rotatable bonds is 4. The summed E-state index contributed by atoms with van der Waals surface area (Å²) in [5.74, 6) is -0.877. The molecule has 1 aromatic rings. The van der Waals surface area contributed by atoms with Crippen LogP contribution in [0.15, 0.2) is 24.3 Å². The lowest BCUT2D eigenvalue weighted by atomic mass is 10.1. The number of piperidine rings is 1. The predicted octanol–water partition coefficient (Wildman–Crippen LogP) is -0.199. The average molecular weight is 276 g/mol. The zero-order valence-electron chi connectivity index (χ0n) is 10.8. The molecular weight excluding hydrogens is 260 g/mol. The standard InChI is InChI=1S/C13H16N4O3/c14-7-12(19)16-9-3-1-2-8(6-9)15-10-4-5-11(18)17-13(10)20/h1-3,6,10,15H,4-5,7,14H2,(H,16,19)(H,17,18,20). The van der Waals surface area contributed by atoms with Crippen molar-refractivity contribution in [1.82, 2.24) is 5.32 Å². The Kier molecular flexibility index (Phi) is 4.31. The SMILES string of the molecule is NCC(=O)Nc1cccc(NC2CCC(=O)NC2=O)c1. The average Bonchev–Trinajstić information content (AvgIpc) is 2.42. The molecule has 0 saturated carbocycles. The maximum Gasteiger partial charge on any atom is 0.249 e. The fourth-order valence-electron chi connectivity index (χ4n) is 1.93. The number of carbonyl (C=O) groups excluding carboxylic acids is 3. The quantitative estimate of drug-likeness (QED) is 0.569. The summed E-state index contributed by atoms with van der Waals surface area (Å²) in [6.07, 6.45) is 0.761. The van der Waals surface area contributed by atoms with E-state index >= 15 is 0 Å². The lowest BCUT2D eigenvalue weighted by Gasteiger charge is -2.23. The van der Waals surface area contributed by atoms with Crippen molar-refractivity contribution in [2.75, 3.05) is 17.2 Å². The van der Waals surface area contributed by atoms with Gasteiger partial charge in [-0.05, 0) is 24.6 Å². The minimum atomic E-state index is -0.451. The van der Waals surface area contributed by atoms with Crippen LogP contribution in [0.5, 0.6) is 0 Å². The van der Waals surface area contributed by atoms with Gasteiger partial charge in [0, 0.05) is 17.8 Å². The van der Waals surface area contributed by atoms with Crippen LogP contribution in [0.1, 0.15) is 12.8 Å². The van der Waals surface area contributed by atoms with Gasteiger partial charge in [0.15, 0.2) is 0 Å². The molecule has 0 radical (unpaired) electrons. The maximum atomic E-state index is 11.6. The van der Waals surface area contributed by atoms with Crippen molar-refractivity contribution >= 4 is 29.1 Å². The molecule has 1 unspecified atom stereocenters. The van der Waals surface area contributed by atoms with E-state index in [1.807, 2.05) is 0 Å². The molecule has 7 heteroatoms. The van der Waals surface area contributed by atoms with E-state index in [4.69, 9.17) is 5.73 Å². The summed E-state index contributed by atoms with van der Waals surface area (Å²) in [5, 5.41) is 7.94. The van der Waals surface area contributed by atoms with E-state index < -0.39 is 6.04 Å². The monoisotopic (exact) mass is 276 g/mol. The van der Waals surface area contributed by atoms with E-state index in [-0.39, 0.29) is 24.3 Å². The number of hydrogen-bond acceptors (Lipinski definition) is 5. The van der Waals surface area contributed by atoms with Crippen LogP contribution >= 0.6 is 0 Å². The van der Waals surface area contributed by atoms with Crippen molar-refractivity contribution in [1.29, 1.82) is 0 Å². The summed E-state index contributed by atoms with van der Waals surface area (Å²) < 4.78 is 0. The first-order valence-electron chi connectivity index (χ1n) is 6.28. The molecule has 1 atom stereocenters. The van der Waals surface area contributed by atoms with Crippen molar-refractivity contribution in [2.24, 2.45) is 5.73 Å². The molecule has 106 valence electrons. The molecule has 0 bridgehead atoms. The zero-order chi connectivity index (χ0) is 14.5. The molecule has 1 aliphatic heterocycles. The van der Waals surface area contributed by atoms with Crippen LogP contribution in [0.4, 0.5) is 11.4 Å². The minimum absolute atomic E-state index is 0.0925. The highest BCUT2D eigenvalue weighted by molar-refractivity contribution is 6.01. The van der Waals surface area contributed by atoms with E-state index in [9.17, 15) is 14.4 Å². The van der Waals surface area contributed by atoms with Crippen LogP contribution in [0, 0.1) is 0 Å². The van der Waals surface area contributed by atoms with E-state index in [1.54, 1.807) is 24.3 Å². The van der Waals surface area contributed by atoms with Gasteiger partial charge < -0.3 is 16.4 Å². The highest BCUT2D eigenvalue weighted by Gasteiger charge is 2.26. The molecule has 0 aliphatic carbocycles. The lowest BCUT2D eigenvalue weighted by Crippen LogP contribution is -2.47. The Morgan fingerprint density at radius 2 is 2.10 bits per heavy atom. The third-order valence-corrected chi connectivity index (χ3v) is 2.91. The zero-order valence-corrected chi connectivity index (χ0v) is 10.8. The number of hydrogen-bond donors (Lipinski definition) is 4. The molecule has 3 amide bonds. The van der Waals surface area contributed by atoms with Gasteiger partial charge >= 0.3 is 0 Å². The molecule has 1 saturated heterocycles. The number of carbonyl (C=O) groups is 3. The van der Waals surface area contributed by atoms with Gasteiger partial charge in [0.05, 0.1) is 6.54 Å². The predicted molar refractivity (Wildman–Crippen MR) is 73.9 cm³/mol. The second-order valence-corrected chi connectivity index (χ2v) is 4.48.